The molecule has 0 aliphatic heterocycles. The third-order valence-corrected chi connectivity index (χ3v) is 3.91. The molecule has 0 saturated heterocycles. The van der Waals surface area contributed by atoms with Crippen LogP contribution in [-0.2, 0) is 0 Å². The number of hydrogen-bond donors (Lipinski definition) is 0. The Morgan fingerprint density at radius 2 is 1.89 bits per heavy atom. The number of fused-ring (bicyclic) bond motifs is 1. The maximum absolute atomic E-state index is 2.23. The number of benzene rings is 1. The molecule has 0 unspecified atom stereocenters. The second-order valence-electron chi connectivity index (χ2n) is 2.12. The van der Waals surface area contributed by atoms with Crippen molar-refractivity contribution in [2.45, 2.75) is 6.92 Å². The molecule has 1 aromatic carbocycles. The van der Waals surface area contributed by atoms with Crippen molar-refractivity contribution < 1.29 is 0 Å². The first-order valence-corrected chi connectivity index (χ1v) is 4.96. The van der Waals surface area contributed by atoms with Crippen molar-refractivity contribution in [1.29, 1.82) is 0 Å². The van der Waals surface area contributed by atoms with Crippen LogP contribution >= 0.6 is 20.7 Å². The molecule has 2 aromatic rings. The molecular formula is C7H6S2. The third kappa shape index (κ3) is 0.787. The van der Waals surface area contributed by atoms with Gasteiger partial charge in [-0.3, -0.25) is 0 Å². The van der Waals surface area contributed by atoms with Gasteiger partial charge in [0.15, 0.2) is 0 Å². The van der Waals surface area contributed by atoms with Gasteiger partial charge >= 0.3 is 0 Å². The molecule has 0 spiro atoms. The molecule has 0 bridgehead atoms. The summed E-state index contributed by atoms with van der Waals surface area (Å²) in [5.41, 5.74) is 1.36. The zero-order valence-electron chi connectivity index (χ0n) is 5.05. The van der Waals surface area contributed by atoms with Crippen LogP contribution in [0.4, 0.5) is 0 Å². The maximum atomic E-state index is 2.23. The fourth-order valence-corrected chi connectivity index (χ4v) is 2.70. The average molecular weight is 154 g/mol. The Morgan fingerprint density at radius 1 is 1.11 bits per heavy atom. The summed E-state index contributed by atoms with van der Waals surface area (Å²) in [5.74, 6) is 0. The van der Waals surface area contributed by atoms with Crippen molar-refractivity contribution in [3.05, 3.63) is 23.8 Å². The summed E-state index contributed by atoms with van der Waals surface area (Å²) in [6.45, 7) is 2.13. The minimum absolute atomic E-state index is 1.36. The van der Waals surface area contributed by atoms with Crippen molar-refractivity contribution in [2.75, 3.05) is 0 Å². The smallest absolute Gasteiger partial charge is 0.0560 e. The third-order valence-electron chi connectivity index (χ3n) is 1.32. The molecule has 0 radical (unpaired) electrons. The number of hydrogen-bond acceptors (Lipinski definition) is 2. The summed E-state index contributed by atoms with van der Waals surface area (Å²) >= 11 is 0. The molecule has 0 saturated carbocycles. The number of aryl methyl sites for hydroxylation is 1. The minimum Gasteiger partial charge on any atom is -0.0785 e. The molecule has 46 valence electrons. The Labute approximate surface area is 61.1 Å². The van der Waals surface area contributed by atoms with E-state index in [4.69, 9.17) is 0 Å². The Morgan fingerprint density at radius 3 is 2.33 bits per heavy atom. The van der Waals surface area contributed by atoms with Crippen LogP contribution in [0.5, 0.6) is 0 Å². The van der Waals surface area contributed by atoms with Crippen LogP contribution < -0.4 is 0 Å². The molecule has 0 N–H and O–H groups in total. The quantitative estimate of drug-likeness (QED) is 0.511. The average Bonchev–Trinajstić information content (AvgIpc) is 1.78. The maximum Gasteiger partial charge on any atom is 0.0560 e. The zero-order chi connectivity index (χ0) is 6.27. The molecule has 2 heteroatoms. The van der Waals surface area contributed by atoms with E-state index >= 15 is 0 Å². The predicted molar refractivity (Wildman–Crippen MR) is 44.4 cm³/mol. The molecule has 9 heavy (non-hydrogen) atoms. The molecule has 0 amide bonds. The van der Waals surface area contributed by atoms with Gasteiger partial charge in [-0.15, -0.1) is 0 Å². The van der Waals surface area contributed by atoms with E-state index in [0.717, 1.165) is 0 Å². The van der Waals surface area contributed by atoms with Gasteiger partial charge in [0.1, 0.15) is 0 Å². The van der Waals surface area contributed by atoms with Crippen LogP contribution in [0.15, 0.2) is 18.2 Å². The van der Waals surface area contributed by atoms with E-state index in [2.05, 4.69) is 25.1 Å². The zero-order valence-corrected chi connectivity index (χ0v) is 6.68. The second kappa shape index (κ2) is 1.82. The van der Waals surface area contributed by atoms with Gasteiger partial charge in [0.05, 0.1) is 9.40 Å². The summed E-state index contributed by atoms with van der Waals surface area (Å²) in [4.78, 5) is 0. The fraction of sp³-hybridized carbons (Fsp3) is 0.143. The lowest BCUT2D eigenvalue weighted by molar-refractivity contribution is 1.52. The Bertz CT molecular complexity index is 316. The first-order valence-electron chi connectivity index (χ1n) is 2.81. The molecule has 0 fully saturated rings. The molecule has 0 nitrogen and oxygen atoms in total. The van der Waals surface area contributed by atoms with Crippen molar-refractivity contribution in [2.24, 2.45) is 0 Å². The molecule has 0 atom stereocenters. The standard InChI is InChI=1S/C7H6S2/c1-5-2-3-6-7(4-5)9-8-6/h2-4H,1H3. The summed E-state index contributed by atoms with van der Waals surface area (Å²) < 4.78 is 2.88. The van der Waals surface area contributed by atoms with Gasteiger partial charge in [-0.2, -0.15) is 0 Å². The van der Waals surface area contributed by atoms with Crippen LogP contribution in [0.2, 0.25) is 0 Å². The van der Waals surface area contributed by atoms with Gasteiger partial charge in [-0.25, -0.2) is 0 Å². The molecule has 0 aliphatic rings. The number of rotatable bonds is 0. The van der Waals surface area contributed by atoms with Gasteiger partial charge in [0, 0.05) is 0 Å². The summed E-state index contributed by atoms with van der Waals surface area (Å²) in [6.07, 6.45) is 0. The molecular weight excluding hydrogens is 148 g/mol. The molecule has 0 aliphatic carbocycles. The lowest BCUT2D eigenvalue weighted by Gasteiger charge is -1.97. The molecule has 2 rings (SSSR count). The summed E-state index contributed by atoms with van der Waals surface area (Å²) in [6, 6.07) is 6.58. The SMILES string of the molecule is Cc1ccc2ssc2c1. The Balaban J connectivity index is 2.78. The first-order chi connectivity index (χ1) is 4.36. The predicted octanol–water partition coefficient (Wildman–Crippen LogP) is 3.27. The second-order valence-corrected chi connectivity index (χ2v) is 4.33. The highest BCUT2D eigenvalue weighted by Crippen LogP contribution is 2.31. The Kier molecular flexibility index (Phi) is 1.10. The van der Waals surface area contributed by atoms with Gasteiger partial charge in [-0.1, -0.05) is 26.7 Å². The normalized spacial score (nSPS) is 10.8. The summed E-state index contributed by atoms with van der Waals surface area (Å²) in [7, 11) is 3.72. The van der Waals surface area contributed by atoms with Gasteiger partial charge < -0.3 is 0 Å². The van der Waals surface area contributed by atoms with Crippen molar-refractivity contribution in [1.82, 2.24) is 0 Å². The fourth-order valence-electron chi connectivity index (χ4n) is 0.805. The molecule has 1 heterocycles. The topological polar surface area (TPSA) is 0 Å². The van der Waals surface area contributed by atoms with Crippen molar-refractivity contribution in [3.63, 3.8) is 0 Å². The van der Waals surface area contributed by atoms with Crippen LogP contribution in [0.25, 0.3) is 9.40 Å². The largest absolute Gasteiger partial charge is 0.0785 e. The highest BCUT2D eigenvalue weighted by molar-refractivity contribution is 7.78. The van der Waals surface area contributed by atoms with Crippen LogP contribution in [-0.4, -0.2) is 0 Å². The van der Waals surface area contributed by atoms with E-state index in [1.165, 1.54) is 15.0 Å². The van der Waals surface area contributed by atoms with E-state index < -0.39 is 0 Å². The minimum atomic E-state index is 1.36. The van der Waals surface area contributed by atoms with E-state index in [-0.39, 0.29) is 0 Å². The van der Waals surface area contributed by atoms with E-state index in [1.54, 1.807) is 0 Å². The first kappa shape index (κ1) is 5.45. The van der Waals surface area contributed by atoms with Crippen LogP contribution in [0.3, 0.4) is 0 Å². The van der Waals surface area contributed by atoms with E-state index in [1.807, 2.05) is 20.7 Å². The van der Waals surface area contributed by atoms with E-state index in [9.17, 15) is 0 Å². The Hall–Kier alpha value is -0.340. The van der Waals surface area contributed by atoms with E-state index in [0.29, 0.717) is 0 Å². The van der Waals surface area contributed by atoms with Crippen LogP contribution in [0.1, 0.15) is 5.56 Å². The monoisotopic (exact) mass is 154 g/mol. The van der Waals surface area contributed by atoms with Gasteiger partial charge in [0.25, 0.3) is 0 Å². The lowest BCUT2D eigenvalue weighted by atomic mass is 10.2. The van der Waals surface area contributed by atoms with Crippen LogP contribution in [0, 0.1) is 6.92 Å². The van der Waals surface area contributed by atoms with Crippen molar-refractivity contribution in [3.8, 4) is 0 Å². The highest BCUT2D eigenvalue weighted by Gasteiger charge is 1.96. The van der Waals surface area contributed by atoms with Gasteiger partial charge in [-0.05, 0) is 24.6 Å². The van der Waals surface area contributed by atoms with Crippen molar-refractivity contribution >= 4 is 30.1 Å². The summed E-state index contributed by atoms with van der Waals surface area (Å²) in [5, 5.41) is 0. The van der Waals surface area contributed by atoms with Gasteiger partial charge in [0.2, 0.25) is 0 Å². The molecule has 1 aromatic heterocycles. The highest BCUT2D eigenvalue weighted by atomic mass is 32.9. The lowest BCUT2D eigenvalue weighted by Crippen LogP contribution is -1.70.